The maximum Gasteiger partial charge on any atom is 0.256 e. The van der Waals surface area contributed by atoms with Gasteiger partial charge >= 0.3 is 0 Å². The molecule has 6 nitrogen and oxygen atoms in total. The van der Waals surface area contributed by atoms with E-state index >= 15 is 0 Å². The number of nitrogens with zero attached hydrogens (tertiary/aromatic N) is 4. The molecule has 0 radical (unpaired) electrons. The molecule has 2 fully saturated rings. The largest absolute Gasteiger partial charge is 0.497 e. The quantitative estimate of drug-likeness (QED) is 0.747. The van der Waals surface area contributed by atoms with Gasteiger partial charge in [-0.05, 0) is 37.6 Å². The van der Waals surface area contributed by atoms with Crippen LogP contribution in [-0.2, 0) is 0 Å². The second kappa shape index (κ2) is 7.36. The van der Waals surface area contributed by atoms with Crippen LogP contribution in [0.2, 0.25) is 0 Å². The van der Waals surface area contributed by atoms with Crippen molar-refractivity contribution in [3.8, 4) is 5.75 Å². The molecule has 0 N–H and O–H groups in total. The smallest absolute Gasteiger partial charge is 0.256 e. The van der Waals surface area contributed by atoms with Crippen molar-refractivity contribution in [2.75, 3.05) is 38.2 Å². The van der Waals surface area contributed by atoms with Crippen LogP contribution in [0, 0.1) is 38.1 Å². The second-order valence-corrected chi connectivity index (χ2v) is 7.82. The lowest BCUT2D eigenvalue weighted by atomic mass is 10.0. The summed E-state index contributed by atoms with van der Waals surface area (Å²) in [5.74, 6) is 1.14. The lowest BCUT2D eigenvalue weighted by Gasteiger charge is -2.23. The Balaban J connectivity index is 1.45. The number of hydrogen-bond donors (Lipinski definition) is 0. The van der Waals surface area contributed by atoms with E-state index in [1.54, 1.807) is 11.0 Å². The average molecular weight is 394 g/mol. The first-order chi connectivity index (χ1) is 13.9. The van der Waals surface area contributed by atoms with Crippen LogP contribution in [0.4, 0.5) is 15.9 Å². The highest BCUT2D eigenvalue weighted by atomic mass is 19.1. The van der Waals surface area contributed by atoms with Crippen LogP contribution in [0.5, 0.6) is 5.75 Å². The number of halogens is 1. The first-order valence-corrected chi connectivity index (χ1v) is 9.64. The van der Waals surface area contributed by atoms with Gasteiger partial charge < -0.3 is 14.5 Å². The molecule has 0 saturated carbocycles. The molecular formula is C22H23FN4O2. The Morgan fingerprint density at radius 3 is 2.45 bits per heavy atom. The standard InChI is InChI=1S/C22H23FN4O2/c1-13-7-20(25-14(2)21(13)24-3)26-9-15-11-27(12-16(15)10-26)22(28)18-6-5-17(29-4)8-19(18)23/h5-8,15-16H,9-12H2,1-2,4H3/t15-,16+. The molecule has 3 heterocycles. The summed E-state index contributed by atoms with van der Waals surface area (Å²) in [6.07, 6.45) is 0. The Morgan fingerprint density at radius 2 is 1.90 bits per heavy atom. The number of amides is 1. The number of pyridine rings is 1. The molecular weight excluding hydrogens is 371 g/mol. The number of rotatable bonds is 3. The van der Waals surface area contributed by atoms with Gasteiger partial charge in [0.05, 0.1) is 19.2 Å². The van der Waals surface area contributed by atoms with Crippen LogP contribution in [0.3, 0.4) is 0 Å². The summed E-state index contributed by atoms with van der Waals surface area (Å²) in [5, 5.41) is 0. The molecule has 2 aromatic rings. The van der Waals surface area contributed by atoms with Gasteiger partial charge in [0.25, 0.3) is 5.91 Å². The Morgan fingerprint density at radius 1 is 1.21 bits per heavy atom. The van der Waals surface area contributed by atoms with E-state index in [1.807, 2.05) is 19.9 Å². The van der Waals surface area contributed by atoms with Crippen molar-refractivity contribution >= 4 is 17.4 Å². The number of ether oxygens (including phenoxy) is 1. The van der Waals surface area contributed by atoms with Gasteiger partial charge in [0, 0.05) is 49.8 Å². The van der Waals surface area contributed by atoms with Gasteiger partial charge in [-0.1, -0.05) is 0 Å². The van der Waals surface area contributed by atoms with Crippen LogP contribution in [0.25, 0.3) is 4.85 Å². The number of anilines is 1. The number of hydrogen-bond acceptors (Lipinski definition) is 4. The topological polar surface area (TPSA) is 50.0 Å². The third-order valence-electron chi connectivity index (χ3n) is 5.96. The molecule has 4 rings (SSSR count). The molecule has 2 aliphatic rings. The minimum absolute atomic E-state index is 0.0882. The Kier molecular flexibility index (Phi) is 4.87. The van der Waals surface area contributed by atoms with Gasteiger partial charge in [0.2, 0.25) is 5.69 Å². The zero-order valence-corrected chi connectivity index (χ0v) is 16.8. The van der Waals surface area contributed by atoms with Crippen molar-refractivity contribution in [1.29, 1.82) is 0 Å². The summed E-state index contributed by atoms with van der Waals surface area (Å²) in [4.78, 5) is 25.0. The SMILES string of the molecule is [C-]#[N+]c1c(C)cc(N2C[C@H]3CN(C(=O)c4ccc(OC)cc4F)C[C@H]3C2)nc1C. The summed E-state index contributed by atoms with van der Waals surface area (Å²) >= 11 is 0. The molecule has 150 valence electrons. The monoisotopic (exact) mass is 394 g/mol. The molecule has 2 aliphatic heterocycles. The van der Waals surface area contributed by atoms with E-state index in [0.717, 1.165) is 30.2 Å². The number of aryl methyl sites for hydroxylation is 2. The van der Waals surface area contributed by atoms with Crippen molar-refractivity contribution < 1.29 is 13.9 Å². The fraction of sp³-hybridized carbons (Fsp3) is 0.409. The maximum absolute atomic E-state index is 14.3. The van der Waals surface area contributed by atoms with Gasteiger partial charge in [-0.2, -0.15) is 0 Å². The lowest BCUT2D eigenvalue weighted by molar-refractivity contribution is 0.0778. The van der Waals surface area contributed by atoms with Crippen LogP contribution in [0.1, 0.15) is 21.6 Å². The number of fused-ring (bicyclic) bond motifs is 1. The summed E-state index contributed by atoms with van der Waals surface area (Å²) < 4.78 is 19.3. The van der Waals surface area contributed by atoms with Crippen molar-refractivity contribution in [1.82, 2.24) is 9.88 Å². The molecule has 29 heavy (non-hydrogen) atoms. The van der Waals surface area contributed by atoms with Crippen molar-refractivity contribution in [3.63, 3.8) is 0 Å². The minimum atomic E-state index is -0.553. The van der Waals surface area contributed by atoms with Crippen LogP contribution < -0.4 is 9.64 Å². The van der Waals surface area contributed by atoms with Gasteiger partial charge in [-0.3, -0.25) is 4.79 Å². The van der Waals surface area contributed by atoms with Crippen LogP contribution in [-0.4, -0.2) is 49.1 Å². The Hall–Kier alpha value is -3.14. The highest BCUT2D eigenvalue weighted by Gasteiger charge is 2.42. The van der Waals surface area contributed by atoms with Gasteiger partial charge in [-0.25, -0.2) is 14.2 Å². The first kappa shape index (κ1) is 19.2. The highest BCUT2D eigenvalue weighted by molar-refractivity contribution is 5.95. The van der Waals surface area contributed by atoms with Crippen molar-refractivity contribution in [2.45, 2.75) is 13.8 Å². The Labute approximate surface area is 169 Å². The highest BCUT2D eigenvalue weighted by Crippen LogP contribution is 2.36. The van der Waals surface area contributed by atoms with Gasteiger partial charge in [-0.15, -0.1) is 0 Å². The van der Waals surface area contributed by atoms with E-state index in [-0.39, 0.29) is 11.5 Å². The molecule has 1 amide bonds. The average Bonchev–Trinajstić information content (AvgIpc) is 3.26. The van der Waals surface area contributed by atoms with E-state index in [1.165, 1.54) is 19.2 Å². The van der Waals surface area contributed by atoms with E-state index in [9.17, 15) is 9.18 Å². The molecule has 1 aromatic heterocycles. The van der Waals surface area contributed by atoms with Crippen LogP contribution >= 0.6 is 0 Å². The van der Waals surface area contributed by atoms with E-state index in [0.29, 0.717) is 36.4 Å². The fourth-order valence-electron chi connectivity index (χ4n) is 4.45. The molecule has 1 aromatic carbocycles. The van der Waals surface area contributed by atoms with Crippen molar-refractivity contribution in [2.24, 2.45) is 11.8 Å². The normalized spacial score (nSPS) is 20.5. The number of carbonyl (C=O) groups excluding carboxylic acids is 1. The first-order valence-electron chi connectivity index (χ1n) is 9.64. The number of likely N-dealkylation sites (tertiary alicyclic amines) is 1. The van der Waals surface area contributed by atoms with E-state index < -0.39 is 5.82 Å². The van der Waals surface area contributed by atoms with Gasteiger partial charge in [0.15, 0.2) is 0 Å². The molecule has 0 spiro atoms. The third kappa shape index (κ3) is 3.39. The van der Waals surface area contributed by atoms with E-state index in [4.69, 9.17) is 11.3 Å². The molecule has 0 bridgehead atoms. The summed E-state index contributed by atoms with van der Waals surface area (Å²) in [6, 6.07) is 6.31. The van der Waals surface area contributed by atoms with Crippen molar-refractivity contribution in [3.05, 3.63) is 58.3 Å². The zero-order chi connectivity index (χ0) is 20.7. The Bertz CT molecular complexity index is 979. The van der Waals surface area contributed by atoms with Gasteiger partial charge in [0.1, 0.15) is 17.4 Å². The summed E-state index contributed by atoms with van der Waals surface area (Å²) in [7, 11) is 1.47. The predicted octanol–water partition coefficient (Wildman–Crippen LogP) is 3.61. The molecule has 2 atom stereocenters. The van der Waals surface area contributed by atoms with Crippen LogP contribution in [0.15, 0.2) is 24.3 Å². The number of carbonyl (C=O) groups is 1. The maximum atomic E-state index is 14.3. The number of aromatic nitrogens is 1. The predicted molar refractivity (Wildman–Crippen MR) is 108 cm³/mol. The minimum Gasteiger partial charge on any atom is -0.497 e. The molecule has 2 saturated heterocycles. The third-order valence-corrected chi connectivity index (χ3v) is 5.96. The summed E-state index contributed by atoms with van der Waals surface area (Å²) in [5.41, 5.74) is 2.39. The summed E-state index contributed by atoms with van der Waals surface area (Å²) in [6.45, 7) is 13.9. The number of benzene rings is 1. The fourth-order valence-corrected chi connectivity index (χ4v) is 4.45. The zero-order valence-electron chi connectivity index (χ0n) is 16.8. The second-order valence-electron chi connectivity index (χ2n) is 7.82. The number of methoxy groups -OCH3 is 1. The molecule has 7 heteroatoms. The lowest BCUT2D eigenvalue weighted by Crippen LogP contribution is -2.34. The van der Waals surface area contributed by atoms with E-state index in [2.05, 4.69) is 14.7 Å². The molecule has 0 unspecified atom stereocenters. The molecule has 0 aliphatic carbocycles.